The fourth-order valence-electron chi connectivity index (χ4n) is 5.65. The molecule has 5 rings (SSSR count). The summed E-state index contributed by atoms with van der Waals surface area (Å²) in [6, 6.07) is 15.3. The number of methoxy groups -OCH3 is 1. The van der Waals surface area contributed by atoms with Crippen LogP contribution >= 0.6 is 0 Å². The Hall–Kier alpha value is -3.36. The molecule has 3 aromatic rings. The van der Waals surface area contributed by atoms with Gasteiger partial charge in [-0.3, -0.25) is 9.69 Å². The molecule has 7 nitrogen and oxygen atoms in total. The van der Waals surface area contributed by atoms with Gasteiger partial charge in [-0.25, -0.2) is 4.39 Å². The van der Waals surface area contributed by atoms with E-state index in [1.807, 2.05) is 36.4 Å². The Morgan fingerprint density at radius 3 is 2.68 bits per heavy atom. The van der Waals surface area contributed by atoms with Gasteiger partial charge in [-0.15, -0.1) is 0 Å². The number of amides is 1. The lowest BCUT2D eigenvalue weighted by atomic mass is 9.76. The number of fused-ring (bicyclic) bond motifs is 1. The first-order chi connectivity index (χ1) is 18.5. The number of ether oxygens (including phenoxy) is 3. The summed E-state index contributed by atoms with van der Waals surface area (Å²) in [5, 5.41) is 2.85. The molecule has 1 aromatic heterocycles. The molecule has 3 heterocycles. The molecule has 2 aliphatic rings. The van der Waals surface area contributed by atoms with Crippen LogP contribution in [-0.4, -0.2) is 61.4 Å². The fraction of sp³-hybridized carbons (Fsp3) is 0.433. The first kappa shape index (κ1) is 26.3. The van der Waals surface area contributed by atoms with Crippen molar-refractivity contribution < 1.29 is 23.4 Å². The van der Waals surface area contributed by atoms with Crippen molar-refractivity contribution in [2.75, 3.05) is 40.0 Å². The van der Waals surface area contributed by atoms with E-state index >= 15 is 0 Å². The highest BCUT2D eigenvalue weighted by atomic mass is 19.1. The van der Waals surface area contributed by atoms with E-state index < -0.39 is 0 Å². The summed E-state index contributed by atoms with van der Waals surface area (Å²) in [5.74, 6) is 0.777. The molecular formula is C30H36FN3O4. The van der Waals surface area contributed by atoms with Crippen LogP contribution in [0.1, 0.15) is 40.7 Å². The van der Waals surface area contributed by atoms with Gasteiger partial charge in [-0.05, 0) is 73.3 Å². The number of benzene rings is 2. The summed E-state index contributed by atoms with van der Waals surface area (Å²) in [4.78, 5) is 14.6. The predicted octanol–water partition coefficient (Wildman–Crippen LogP) is 4.47. The average Bonchev–Trinajstić information content (AvgIpc) is 3.58. The first-order valence-electron chi connectivity index (χ1n) is 13.3. The minimum absolute atomic E-state index is 0.0613. The summed E-state index contributed by atoms with van der Waals surface area (Å²) >= 11 is 0. The van der Waals surface area contributed by atoms with Crippen LogP contribution in [0.4, 0.5) is 4.39 Å². The quantitative estimate of drug-likeness (QED) is 0.377. The van der Waals surface area contributed by atoms with Gasteiger partial charge in [0.2, 0.25) is 0 Å². The second-order valence-corrected chi connectivity index (χ2v) is 10.1. The molecule has 1 saturated heterocycles. The van der Waals surface area contributed by atoms with E-state index in [9.17, 15) is 9.18 Å². The van der Waals surface area contributed by atoms with Gasteiger partial charge < -0.3 is 24.1 Å². The third kappa shape index (κ3) is 5.87. The van der Waals surface area contributed by atoms with Crippen molar-refractivity contribution in [1.82, 2.24) is 14.8 Å². The summed E-state index contributed by atoms with van der Waals surface area (Å²) < 4.78 is 34.0. The summed E-state index contributed by atoms with van der Waals surface area (Å²) in [5.41, 5.74) is 2.63. The monoisotopic (exact) mass is 521 g/mol. The van der Waals surface area contributed by atoms with Crippen molar-refractivity contribution >= 4 is 5.91 Å². The number of nitrogens with zero attached hydrogens (tertiary/aromatic N) is 2. The number of likely N-dealkylation sites (tertiary alicyclic amines) is 1. The summed E-state index contributed by atoms with van der Waals surface area (Å²) in [7, 11) is 1.59. The molecule has 2 aromatic carbocycles. The number of carbonyl (C=O) groups excluding carboxylic acids is 1. The molecular weight excluding hydrogens is 485 g/mol. The number of piperidine rings is 1. The van der Waals surface area contributed by atoms with E-state index in [0.717, 1.165) is 37.2 Å². The van der Waals surface area contributed by atoms with Crippen LogP contribution in [0.15, 0.2) is 60.9 Å². The van der Waals surface area contributed by atoms with E-state index in [2.05, 4.69) is 34.1 Å². The molecule has 38 heavy (non-hydrogen) atoms. The zero-order valence-electron chi connectivity index (χ0n) is 22.1. The average molecular weight is 522 g/mol. The molecule has 0 unspecified atom stereocenters. The number of nitrogens with one attached hydrogen (secondary N) is 1. The third-order valence-corrected chi connectivity index (χ3v) is 7.89. The second-order valence-electron chi connectivity index (χ2n) is 10.1. The van der Waals surface area contributed by atoms with Crippen molar-refractivity contribution in [3.8, 4) is 11.5 Å². The Morgan fingerprint density at radius 1 is 1.05 bits per heavy atom. The first-order valence-corrected chi connectivity index (χ1v) is 13.3. The van der Waals surface area contributed by atoms with E-state index in [1.54, 1.807) is 19.2 Å². The lowest BCUT2D eigenvalue weighted by Crippen LogP contribution is -2.49. The predicted molar refractivity (Wildman–Crippen MR) is 143 cm³/mol. The van der Waals surface area contributed by atoms with Gasteiger partial charge in [0.15, 0.2) is 11.6 Å². The number of hydrogen-bond acceptors (Lipinski definition) is 5. The zero-order valence-corrected chi connectivity index (χ0v) is 22.1. The molecule has 202 valence electrons. The van der Waals surface area contributed by atoms with Gasteiger partial charge in [-0.2, -0.15) is 0 Å². The van der Waals surface area contributed by atoms with Crippen LogP contribution in [0, 0.1) is 11.7 Å². The maximum Gasteiger partial charge on any atom is 0.252 e. The number of hydrogen-bond donors (Lipinski definition) is 1. The van der Waals surface area contributed by atoms with Crippen molar-refractivity contribution in [2.24, 2.45) is 5.92 Å². The van der Waals surface area contributed by atoms with Crippen LogP contribution < -0.4 is 14.8 Å². The Labute approximate surface area is 223 Å². The minimum Gasteiger partial charge on any atom is -0.493 e. The smallest absolute Gasteiger partial charge is 0.252 e. The van der Waals surface area contributed by atoms with Crippen LogP contribution in [0.3, 0.4) is 0 Å². The van der Waals surface area contributed by atoms with Crippen molar-refractivity contribution in [3.05, 3.63) is 83.4 Å². The minimum atomic E-state index is -0.356. The Morgan fingerprint density at radius 2 is 1.89 bits per heavy atom. The molecule has 8 heteroatoms. The normalized spacial score (nSPS) is 21.2. The molecule has 3 atom stereocenters. The van der Waals surface area contributed by atoms with Gasteiger partial charge in [0.1, 0.15) is 12.4 Å². The van der Waals surface area contributed by atoms with Crippen LogP contribution in [-0.2, 0) is 17.8 Å². The number of aromatic nitrogens is 1. The lowest BCUT2D eigenvalue weighted by Gasteiger charge is -2.44. The van der Waals surface area contributed by atoms with Crippen LogP contribution in [0.2, 0.25) is 0 Å². The lowest BCUT2D eigenvalue weighted by molar-refractivity contribution is 0.0537. The van der Waals surface area contributed by atoms with Gasteiger partial charge in [-0.1, -0.05) is 12.1 Å². The van der Waals surface area contributed by atoms with Crippen molar-refractivity contribution in [1.29, 1.82) is 0 Å². The topological polar surface area (TPSA) is 65.0 Å². The summed E-state index contributed by atoms with van der Waals surface area (Å²) in [6.45, 7) is 6.75. The maximum absolute atomic E-state index is 15.0. The van der Waals surface area contributed by atoms with Gasteiger partial charge >= 0.3 is 0 Å². The molecule has 1 N–H and O–H groups in total. The molecule has 0 aliphatic carbocycles. The maximum atomic E-state index is 15.0. The van der Waals surface area contributed by atoms with Crippen molar-refractivity contribution in [2.45, 2.75) is 38.4 Å². The highest BCUT2D eigenvalue weighted by Gasteiger charge is 2.37. The second kappa shape index (κ2) is 12.0. The zero-order chi connectivity index (χ0) is 26.5. The molecule has 1 fully saturated rings. The van der Waals surface area contributed by atoms with E-state index in [4.69, 9.17) is 14.2 Å². The Bertz CT molecular complexity index is 1230. The van der Waals surface area contributed by atoms with Crippen LogP contribution in [0.5, 0.6) is 11.5 Å². The Kier molecular flexibility index (Phi) is 8.29. The molecule has 0 saturated carbocycles. The van der Waals surface area contributed by atoms with E-state index in [0.29, 0.717) is 37.7 Å². The van der Waals surface area contributed by atoms with E-state index in [-0.39, 0.29) is 35.4 Å². The third-order valence-electron chi connectivity index (χ3n) is 7.89. The fourth-order valence-corrected chi connectivity index (χ4v) is 5.65. The molecule has 0 bridgehead atoms. The van der Waals surface area contributed by atoms with Gasteiger partial charge in [0.05, 0.1) is 13.2 Å². The summed E-state index contributed by atoms with van der Waals surface area (Å²) in [6.07, 6.45) is 5.07. The van der Waals surface area contributed by atoms with Crippen molar-refractivity contribution in [3.63, 3.8) is 0 Å². The standard InChI is InChI=1S/C30H36FN3O4/c1-21-27(20-38-24-7-5-23-19-32-30(35)26(23)18-24)25(9-12-34(21)14-13-33-10-3-4-11-33)22-6-8-29(28(31)17-22)37-16-15-36-2/h3-8,10-11,17-18,21,25,27H,9,12-16,19-20H2,1-2H3,(H,32,35)/t21-,25+,27-/m1/s1. The molecule has 1 amide bonds. The van der Waals surface area contributed by atoms with Gasteiger partial charge in [0, 0.05) is 56.7 Å². The largest absolute Gasteiger partial charge is 0.493 e. The number of carbonyl (C=O) groups is 1. The highest BCUT2D eigenvalue weighted by molar-refractivity contribution is 5.98. The molecule has 0 radical (unpaired) electrons. The van der Waals surface area contributed by atoms with Crippen LogP contribution in [0.25, 0.3) is 0 Å². The van der Waals surface area contributed by atoms with Gasteiger partial charge in [0.25, 0.3) is 5.91 Å². The van der Waals surface area contributed by atoms with E-state index in [1.165, 1.54) is 0 Å². The number of halogens is 1. The molecule has 2 aliphatic heterocycles. The molecule has 0 spiro atoms. The highest BCUT2D eigenvalue weighted by Crippen LogP contribution is 2.39. The number of rotatable bonds is 11. The Balaban J connectivity index is 1.33. The SMILES string of the molecule is COCCOc1ccc([C@@H]2CCN(CCn3cccc3)[C@H](C)[C@H]2COc2ccc3c(c2)C(=O)NC3)cc1F.